The minimum absolute atomic E-state index is 0.0227. The first-order valence-corrected chi connectivity index (χ1v) is 13.7. The molecule has 2 aliphatic carbocycles. The second kappa shape index (κ2) is 9.29. The fraction of sp³-hybridized carbons (Fsp3) is 0.414. The zero-order valence-electron chi connectivity index (χ0n) is 22.1. The van der Waals surface area contributed by atoms with E-state index in [1.54, 1.807) is 6.07 Å². The van der Waals surface area contributed by atoms with E-state index in [4.69, 9.17) is 0 Å². The van der Waals surface area contributed by atoms with Gasteiger partial charge in [0, 0.05) is 35.0 Å². The Morgan fingerprint density at radius 3 is 2.67 bits per heavy atom. The first-order chi connectivity index (χ1) is 19.3. The van der Waals surface area contributed by atoms with E-state index in [1.807, 2.05) is 6.07 Å². The molecular formula is C29H29F2N7O2. The van der Waals surface area contributed by atoms with Crippen molar-refractivity contribution in [1.29, 1.82) is 0 Å². The van der Waals surface area contributed by atoms with Crippen LogP contribution in [0.3, 0.4) is 0 Å². The molecule has 1 aromatic carbocycles. The SMILES string of the molecule is CC1(NCc2cc3ncn(-c4nc(-c5ccc(F)cc5C(=O)N5CC(F)C5)cc(C5CC5)n4)c(=O)c3[nH]2)CCC1. The van der Waals surface area contributed by atoms with Gasteiger partial charge in [-0.3, -0.25) is 9.59 Å². The van der Waals surface area contributed by atoms with Crippen LogP contribution in [0.4, 0.5) is 8.78 Å². The van der Waals surface area contributed by atoms with Gasteiger partial charge in [-0.1, -0.05) is 0 Å². The lowest BCUT2D eigenvalue weighted by atomic mass is 9.78. The molecular weight excluding hydrogens is 516 g/mol. The van der Waals surface area contributed by atoms with Crippen LogP contribution in [0, 0.1) is 5.82 Å². The summed E-state index contributed by atoms with van der Waals surface area (Å²) in [5.41, 5.74) is 3.21. The Morgan fingerprint density at radius 1 is 1.18 bits per heavy atom. The molecule has 2 N–H and O–H groups in total. The predicted molar refractivity (Wildman–Crippen MR) is 145 cm³/mol. The molecule has 40 heavy (non-hydrogen) atoms. The molecule has 1 aliphatic heterocycles. The van der Waals surface area contributed by atoms with Crippen molar-refractivity contribution >= 4 is 16.9 Å². The highest BCUT2D eigenvalue weighted by atomic mass is 19.1. The summed E-state index contributed by atoms with van der Waals surface area (Å²) in [7, 11) is 0. The molecule has 3 aliphatic rings. The minimum Gasteiger partial charge on any atom is -0.351 e. The van der Waals surface area contributed by atoms with Gasteiger partial charge in [-0.25, -0.2) is 28.3 Å². The number of hydrogen-bond acceptors (Lipinski definition) is 6. The average Bonchev–Trinajstić information content (AvgIpc) is 3.68. The first-order valence-electron chi connectivity index (χ1n) is 13.7. The Kier molecular flexibility index (Phi) is 5.81. The van der Waals surface area contributed by atoms with Crippen LogP contribution in [0.1, 0.15) is 66.7 Å². The van der Waals surface area contributed by atoms with Crippen LogP contribution in [0.2, 0.25) is 0 Å². The number of halogens is 2. The fourth-order valence-corrected chi connectivity index (χ4v) is 5.45. The molecule has 3 fully saturated rings. The summed E-state index contributed by atoms with van der Waals surface area (Å²) >= 11 is 0. The Labute approximate surface area is 228 Å². The third-order valence-corrected chi connectivity index (χ3v) is 8.32. The topological polar surface area (TPSA) is 109 Å². The van der Waals surface area contributed by atoms with Crippen molar-refractivity contribution in [1.82, 2.24) is 34.7 Å². The monoisotopic (exact) mass is 545 g/mol. The molecule has 0 atom stereocenters. The summed E-state index contributed by atoms with van der Waals surface area (Å²) in [6, 6.07) is 7.57. The number of H-pyrrole nitrogens is 1. The van der Waals surface area contributed by atoms with Crippen LogP contribution in [0.15, 0.2) is 41.5 Å². The van der Waals surface area contributed by atoms with E-state index in [-0.39, 0.29) is 41.6 Å². The molecule has 0 spiro atoms. The van der Waals surface area contributed by atoms with E-state index in [2.05, 4.69) is 32.2 Å². The van der Waals surface area contributed by atoms with Gasteiger partial charge in [0.15, 0.2) is 0 Å². The number of hydrogen-bond donors (Lipinski definition) is 2. The van der Waals surface area contributed by atoms with Crippen LogP contribution in [-0.2, 0) is 6.54 Å². The molecule has 1 amide bonds. The number of benzene rings is 1. The number of aromatic amines is 1. The normalized spacial score (nSPS) is 18.5. The number of nitrogens with one attached hydrogen (secondary N) is 2. The number of carbonyl (C=O) groups is 1. The highest BCUT2D eigenvalue weighted by Crippen LogP contribution is 2.40. The zero-order valence-corrected chi connectivity index (χ0v) is 22.1. The summed E-state index contributed by atoms with van der Waals surface area (Å²) < 4.78 is 29.0. The molecule has 11 heteroatoms. The highest BCUT2D eigenvalue weighted by Gasteiger charge is 2.34. The van der Waals surface area contributed by atoms with Crippen molar-refractivity contribution in [3.05, 3.63) is 69.8 Å². The quantitative estimate of drug-likeness (QED) is 0.363. The largest absolute Gasteiger partial charge is 0.351 e. The molecule has 3 aromatic heterocycles. The van der Waals surface area contributed by atoms with Crippen LogP contribution >= 0.6 is 0 Å². The van der Waals surface area contributed by atoms with Crippen molar-refractivity contribution in [2.24, 2.45) is 0 Å². The molecule has 4 aromatic rings. The summed E-state index contributed by atoms with van der Waals surface area (Å²) in [5.74, 6) is -0.688. The lowest BCUT2D eigenvalue weighted by molar-refractivity contribution is 0.0400. The second-order valence-electron chi connectivity index (χ2n) is 11.5. The maximum atomic E-state index is 14.3. The average molecular weight is 546 g/mol. The number of nitrogens with zero attached hydrogens (tertiary/aromatic N) is 5. The van der Waals surface area contributed by atoms with Crippen LogP contribution < -0.4 is 10.9 Å². The number of carbonyl (C=O) groups excluding carboxylic acids is 1. The smallest absolute Gasteiger partial charge is 0.284 e. The van der Waals surface area contributed by atoms with Crippen molar-refractivity contribution in [2.75, 3.05) is 13.1 Å². The van der Waals surface area contributed by atoms with E-state index in [0.717, 1.165) is 43.1 Å². The highest BCUT2D eigenvalue weighted by molar-refractivity contribution is 6.01. The lowest BCUT2D eigenvalue weighted by Crippen LogP contribution is -2.51. The van der Waals surface area contributed by atoms with Gasteiger partial charge in [0.05, 0.1) is 29.9 Å². The van der Waals surface area contributed by atoms with Crippen molar-refractivity contribution in [3.8, 4) is 17.2 Å². The third kappa shape index (κ3) is 4.47. The number of aromatic nitrogens is 5. The first kappa shape index (κ1) is 25.0. The molecule has 0 unspecified atom stereocenters. The van der Waals surface area contributed by atoms with Crippen molar-refractivity contribution in [2.45, 2.75) is 63.2 Å². The van der Waals surface area contributed by atoms with Gasteiger partial charge in [-0.15, -0.1) is 0 Å². The maximum Gasteiger partial charge on any atom is 0.284 e. The predicted octanol–water partition coefficient (Wildman–Crippen LogP) is 4.01. The number of alkyl halides is 1. The fourth-order valence-electron chi connectivity index (χ4n) is 5.45. The third-order valence-electron chi connectivity index (χ3n) is 8.32. The Morgan fingerprint density at radius 2 is 1.98 bits per heavy atom. The van der Waals surface area contributed by atoms with Gasteiger partial charge >= 0.3 is 0 Å². The molecule has 206 valence electrons. The van der Waals surface area contributed by atoms with E-state index in [1.165, 1.54) is 34.3 Å². The van der Waals surface area contributed by atoms with Gasteiger partial charge in [0.2, 0.25) is 5.95 Å². The summed E-state index contributed by atoms with van der Waals surface area (Å²) in [5, 5.41) is 3.56. The Hall–Kier alpha value is -3.99. The van der Waals surface area contributed by atoms with Crippen molar-refractivity contribution in [3.63, 3.8) is 0 Å². The van der Waals surface area contributed by atoms with Crippen LogP contribution in [0.5, 0.6) is 0 Å². The second-order valence-corrected chi connectivity index (χ2v) is 11.5. The number of fused-ring (bicyclic) bond motifs is 1. The van der Waals surface area contributed by atoms with Gasteiger partial charge in [0.1, 0.15) is 23.8 Å². The number of amides is 1. The molecule has 9 nitrogen and oxygen atoms in total. The van der Waals surface area contributed by atoms with E-state index in [9.17, 15) is 18.4 Å². The van der Waals surface area contributed by atoms with Gasteiger partial charge in [0.25, 0.3) is 11.5 Å². The van der Waals surface area contributed by atoms with Gasteiger partial charge < -0.3 is 15.2 Å². The van der Waals surface area contributed by atoms with Crippen molar-refractivity contribution < 1.29 is 13.6 Å². The molecule has 4 heterocycles. The molecule has 2 saturated carbocycles. The Balaban J connectivity index is 1.28. The van der Waals surface area contributed by atoms with Crippen LogP contribution in [-0.4, -0.2) is 60.1 Å². The van der Waals surface area contributed by atoms with E-state index < -0.39 is 17.9 Å². The standard InChI is InChI=1S/C29H29F2N7O2/c1-29(7-2-8-29)33-12-19-10-24-25(34-19)27(40)38(15-32-24)28-35-22(16-3-4-16)11-23(36-28)20-6-5-17(30)9-21(20)26(39)37-13-18(31)14-37/h5-6,9-11,15-16,18,33-34H,2-4,7-8,12-14H2,1H3. The number of likely N-dealkylation sites (tertiary alicyclic amines) is 1. The Bertz CT molecular complexity index is 1700. The van der Waals surface area contributed by atoms with E-state index >= 15 is 0 Å². The zero-order chi connectivity index (χ0) is 27.6. The van der Waals surface area contributed by atoms with Gasteiger partial charge in [-0.05, 0) is 69.4 Å². The number of rotatable bonds is 7. The lowest BCUT2D eigenvalue weighted by Gasteiger charge is -2.39. The van der Waals surface area contributed by atoms with Gasteiger partial charge in [-0.2, -0.15) is 0 Å². The maximum absolute atomic E-state index is 14.3. The minimum atomic E-state index is -1.08. The molecule has 0 bridgehead atoms. The molecule has 0 radical (unpaired) electrons. The van der Waals surface area contributed by atoms with E-state index in [0.29, 0.717) is 28.8 Å². The van der Waals surface area contributed by atoms with Crippen LogP contribution in [0.25, 0.3) is 28.2 Å². The molecule has 7 rings (SSSR count). The summed E-state index contributed by atoms with van der Waals surface area (Å²) in [6.45, 7) is 2.76. The summed E-state index contributed by atoms with van der Waals surface area (Å²) in [4.78, 5) is 45.1. The summed E-state index contributed by atoms with van der Waals surface area (Å²) in [6.07, 6.45) is 5.72. The molecule has 1 saturated heterocycles.